The average molecular weight is 369 g/mol. The van der Waals surface area contributed by atoms with E-state index in [1.165, 1.54) is 17.0 Å². The van der Waals surface area contributed by atoms with E-state index in [0.717, 1.165) is 24.5 Å². The van der Waals surface area contributed by atoms with Crippen molar-refractivity contribution in [2.24, 2.45) is 0 Å². The Morgan fingerprint density at radius 1 is 1.23 bits per heavy atom. The molecule has 1 aromatic heterocycles. The smallest absolute Gasteiger partial charge is 0.416 e. The quantitative estimate of drug-likeness (QED) is 0.779. The zero-order valence-corrected chi connectivity index (χ0v) is 13.5. The molecule has 1 aromatic carbocycles. The van der Waals surface area contributed by atoms with Crippen molar-refractivity contribution in [3.63, 3.8) is 0 Å². The van der Waals surface area contributed by atoms with Crippen LogP contribution >= 0.6 is 0 Å². The topological polar surface area (TPSA) is 55.3 Å². The lowest BCUT2D eigenvalue weighted by atomic mass is 10.1. The molecule has 1 aliphatic rings. The van der Waals surface area contributed by atoms with E-state index in [4.69, 9.17) is 4.74 Å². The van der Waals surface area contributed by atoms with Gasteiger partial charge in [-0.15, -0.1) is 0 Å². The number of carbonyl (C=O) groups excluding carboxylic acids is 1. The molecule has 1 amide bonds. The lowest BCUT2D eigenvalue weighted by Gasteiger charge is -2.32. The molecular weight excluding hydrogens is 354 g/mol. The van der Waals surface area contributed by atoms with Crippen LogP contribution < -0.4 is 4.74 Å². The average Bonchev–Trinajstić information content (AvgIpc) is 2.63. The summed E-state index contributed by atoms with van der Waals surface area (Å²) in [5.41, 5.74) is -0.897. The zero-order valence-electron chi connectivity index (χ0n) is 13.5. The maximum atomic E-state index is 12.8. The van der Waals surface area contributed by atoms with Crippen LogP contribution in [0.4, 0.5) is 17.6 Å². The second-order valence-corrected chi connectivity index (χ2v) is 5.90. The predicted molar refractivity (Wildman–Crippen MR) is 83.0 cm³/mol. The molecule has 1 atom stereocenters. The van der Waals surface area contributed by atoms with Gasteiger partial charge in [-0.2, -0.15) is 13.2 Å². The lowest BCUT2D eigenvalue weighted by Crippen LogP contribution is -2.44. The monoisotopic (exact) mass is 369 g/mol. The Bertz CT molecular complexity index is 780. The summed E-state index contributed by atoms with van der Waals surface area (Å²) >= 11 is 0. The number of hydrogen-bond acceptors (Lipinski definition) is 4. The van der Waals surface area contributed by atoms with Crippen LogP contribution in [0.15, 0.2) is 36.7 Å². The highest BCUT2D eigenvalue weighted by atomic mass is 19.4. The highest BCUT2D eigenvalue weighted by molar-refractivity contribution is 5.94. The van der Waals surface area contributed by atoms with E-state index in [1.807, 2.05) is 0 Å². The summed E-state index contributed by atoms with van der Waals surface area (Å²) in [6.07, 6.45) is -1.73. The van der Waals surface area contributed by atoms with Crippen molar-refractivity contribution in [1.29, 1.82) is 0 Å². The Labute approximate surface area is 146 Å². The van der Waals surface area contributed by atoms with Gasteiger partial charge >= 0.3 is 12.2 Å². The molecule has 0 unspecified atom stereocenters. The van der Waals surface area contributed by atoms with Gasteiger partial charge in [-0.1, -0.05) is 6.07 Å². The van der Waals surface area contributed by atoms with Crippen LogP contribution in [0.1, 0.15) is 28.8 Å². The molecule has 138 valence electrons. The van der Waals surface area contributed by atoms with Crippen molar-refractivity contribution in [2.45, 2.75) is 25.1 Å². The fourth-order valence-electron chi connectivity index (χ4n) is 2.74. The van der Waals surface area contributed by atoms with Gasteiger partial charge in [-0.25, -0.2) is 14.4 Å². The third kappa shape index (κ3) is 4.27. The first-order valence-corrected chi connectivity index (χ1v) is 7.93. The van der Waals surface area contributed by atoms with Crippen LogP contribution in [0.5, 0.6) is 6.01 Å². The number of nitrogens with zero attached hydrogens (tertiary/aromatic N) is 3. The molecule has 0 N–H and O–H groups in total. The highest BCUT2D eigenvalue weighted by Crippen LogP contribution is 2.30. The third-order valence-corrected chi connectivity index (χ3v) is 3.97. The summed E-state index contributed by atoms with van der Waals surface area (Å²) < 4.78 is 56.8. The molecule has 1 aliphatic heterocycles. The fourth-order valence-corrected chi connectivity index (χ4v) is 2.74. The summed E-state index contributed by atoms with van der Waals surface area (Å²) in [7, 11) is 0. The first-order valence-electron chi connectivity index (χ1n) is 7.93. The minimum Gasteiger partial charge on any atom is -0.458 e. The maximum absolute atomic E-state index is 12.8. The third-order valence-electron chi connectivity index (χ3n) is 3.97. The number of benzene rings is 1. The van der Waals surface area contributed by atoms with Crippen LogP contribution in [0.3, 0.4) is 0 Å². The largest absolute Gasteiger partial charge is 0.458 e. The molecule has 26 heavy (non-hydrogen) atoms. The van der Waals surface area contributed by atoms with Crippen molar-refractivity contribution < 1.29 is 27.1 Å². The minimum atomic E-state index is -4.51. The summed E-state index contributed by atoms with van der Waals surface area (Å²) in [4.78, 5) is 21.4. The molecule has 0 aliphatic carbocycles. The van der Waals surface area contributed by atoms with Crippen molar-refractivity contribution in [3.05, 3.63) is 53.6 Å². The number of hydrogen-bond donors (Lipinski definition) is 0. The molecule has 5 nitrogen and oxygen atoms in total. The van der Waals surface area contributed by atoms with E-state index in [-0.39, 0.29) is 18.1 Å². The number of aromatic nitrogens is 2. The second kappa shape index (κ2) is 7.27. The van der Waals surface area contributed by atoms with E-state index in [1.54, 1.807) is 0 Å². The van der Waals surface area contributed by atoms with E-state index >= 15 is 0 Å². The number of likely N-dealkylation sites (tertiary alicyclic amines) is 1. The second-order valence-electron chi connectivity index (χ2n) is 5.90. The first-order chi connectivity index (χ1) is 12.3. The van der Waals surface area contributed by atoms with Crippen LogP contribution in [-0.2, 0) is 6.18 Å². The Balaban J connectivity index is 1.69. The molecule has 1 fully saturated rings. The molecule has 1 saturated heterocycles. The molecule has 0 radical (unpaired) electrons. The summed E-state index contributed by atoms with van der Waals surface area (Å²) in [5, 5.41) is 0. The number of amides is 1. The number of halogens is 4. The molecular formula is C17H15F4N3O2. The van der Waals surface area contributed by atoms with Gasteiger partial charge in [0.05, 0.1) is 24.5 Å². The van der Waals surface area contributed by atoms with Gasteiger partial charge in [0.25, 0.3) is 5.91 Å². The van der Waals surface area contributed by atoms with Gasteiger partial charge in [0, 0.05) is 12.1 Å². The number of piperidine rings is 1. The van der Waals surface area contributed by atoms with Crippen LogP contribution in [-0.4, -0.2) is 40.0 Å². The zero-order chi connectivity index (χ0) is 18.7. The minimum absolute atomic E-state index is 0.00947. The van der Waals surface area contributed by atoms with Gasteiger partial charge in [-0.05, 0) is 31.0 Å². The number of alkyl halides is 3. The summed E-state index contributed by atoms with van der Waals surface area (Å²) in [6, 6.07) is 4.32. The first kappa shape index (κ1) is 18.1. The number of ether oxygens (including phenoxy) is 1. The van der Waals surface area contributed by atoms with E-state index in [2.05, 4.69) is 9.97 Å². The van der Waals surface area contributed by atoms with Crippen molar-refractivity contribution in [3.8, 4) is 6.01 Å². The molecule has 3 rings (SSSR count). The summed E-state index contributed by atoms with van der Waals surface area (Å²) in [6.45, 7) is 0.606. The summed E-state index contributed by atoms with van der Waals surface area (Å²) in [5.74, 6) is -1.09. The Morgan fingerprint density at radius 3 is 2.65 bits per heavy atom. The fraction of sp³-hybridized carbons (Fsp3) is 0.353. The van der Waals surface area contributed by atoms with E-state index < -0.39 is 29.6 Å². The molecule has 9 heteroatoms. The molecule has 2 heterocycles. The van der Waals surface area contributed by atoms with Crippen LogP contribution in [0, 0.1) is 5.82 Å². The Hall–Kier alpha value is -2.71. The van der Waals surface area contributed by atoms with E-state index in [9.17, 15) is 22.4 Å². The van der Waals surface area contributed by atoms with Crippen LogP contribution in [0.2, 0.25) is 0 Å². The SMILES string of the molecule is O=C(c1cccc(C(F)(F)F)c1)N1CCC[C@@H](Oc2ncc(F)cn2)C1. The van der Waals surface area contributed by atoms with Gasteiger partial charge < -0.3 is 9.64 Å². The van der Waals surface area contributed by atoms with Gasteiger partial charge in [0.1, 0.15) is 6.10 Å². The Morgan fingerprint density at radius 2 is 1.96 bits per heavy atom. The van der Waals surface area contributed by atoms with Gasteiger partial charge in [0.2, 0.25) is 0 Å². The highest BCUT2D eigenvalue weighted by Gasteiger charge is 2.32. The standard InChI is InChI=1S/C17H15F4N3O2/c18-13-8-22-16(23-9-13)26-14-5-2-6-24(10-14)15(25)11-3-1-4-12(7-11)17(19,20)21/h1,3-4,7-9,14H,2,5-6,10H2/t14-/m1/s1. The van der Waals surface area contributed by atoms with Crippen molar-refractivity contribution in [2.75, 3.05) is 13.1 Å². The van der Waals surface area contributed by atoms with Gasteiger partial charge in [-0.3, -0.25) is 4.79 Å². The molecule has 0 spiro atoms. The molecule has 2 aromatic rings. The molecule has 0 saturated carbocycles. The number of rotatable bonds is 3. The maximum Gasteiger partial charge on any atom is 0.416 e. The Kier molecular flexibility index (Phi) is 5.06. The van der Waals surface area contributed by atoms with Crippen molar-refractivity contribution in [1.82, 2.24) is 14.9 Å². The van der Waals surface area contributed by atoms with Gasteiger partial charge in [0.15, 0.2) is 5.82 Å². The predicted octanol–water partition coefficient (Wildman–Crippen LogP) is 3.32. The number of carbonyl (C=O) groups is 1. The molecule has 0 bridgehead atoms. The van der Waals surface area contributed by atoms with Crippen molar-refractivity contribution >= 4 is 5.91 Å². The lowest BCUT2D eigenvalue weighted by molar-refractivity contribution is -0.137. The van der Waals surface area contributed by atoms with Crippen LogP contribution in [0.25, 0.3) is 0 Å². The normalized spacial score (nSPS) is 17.8. The van der Waals surface area contributed by atoms with E-state index in [0.29, 0.717) is 19.4 Å².